The van der Waals surface area contributed by atoms with Crippen LogP contribution in [-0.4, -0.2) is 26.5 Å². The molecule has 0 saturated heterocycles. The molecule has 4 rings (SSSR count). The molecule has 0 spiro atoms. The van der Waals surface area contributed by atoms with Crippen LogP contribution >= 0.6 is 22.9 Å². The van der Waals surface area contributed by atoms with Crippen LogP contribution in [0.5, 0.6) is 0 Å². The summed E-state index contributed by atoms with van der Waals surface area (Å²) in [5.41, 5.74) is 0.446. The quantitative estimate of drug-likeness (QED) is 0.457. The van der Waals surface area contributed by atoms with E-state index in [0.717, 1.165) is 11.3 Å². The van der Waals surface area contributed by atoms with E-state index >= 15 is 0 Å². The molecule has 1 amide bonds. The fourth-order valence-corrected chi connectivity index (χ4v) is 4.24. The Bertz CT molecular complexity index is 1350. The third-order valence-electron chi connectivity index (χ3n) is 4.78. The van der Waals surface area contributed by atoms with Gasteiger partial charge in [0.2, 0.25) is 5.91 Å². The average Bonchev–Trinajstić information content (AvgIpc) is 3.20. The van der Waals surface area contributed by atoms with Crippen LogP contribution in [0.1, 0.15) is 23.3 Å². The maximum absolute atomic E-state index is 13.4. The first kappa shape index (κ1) is 20.8. The van der Waals surface area contributed by atoms with Gasteiger partial charge >= 0.3 is 5.97 Å². The lowest BCUT2D eigenvalue weighted by Gasteiger charge is -2.19. The van der Waals surface area contributed by atoms with Crippen molar-refractivity contribution in [2.75, 3.05) is 5.32 Å². The highest BCUT2D eigenvalue weighted by Crippen LogP contribution is 2.27. The minimum Gasteiger partial charge on any atom is -0.478 e. The molecule has 0 bridgehead atoms. The number of fused-ring (bicyclic) bond motifs is 1. The second kappa shape index (κ2) is 8.33. The molecule has 2 N–H and O–H groups in total. The Morgan fingerprint density at radius 2 is 1.81 bits per heavy atom. The molecule has 31 heavy (non-hydrogen) atoms. The van der Waals surface area contributed by atoms with E-state index in [9.17, 15) is 19.5 Å². The summed E-state index contributed by atoms with van der Waals surface area (Å²) in [5.74, 6) is -1.38. The smallest absolute Gasteiger partial charge is 0.337 e. The number of hydrogen-bond acceptors (Lipinski definition) is 5. The second-order valence-electron chi connectivity index (χ2n) is 6.78. The molecule has 1 atom stereocenters. The van der Waals surface area contributed by atoms with Crippen molar-refractivity contribution in [3.05, 3.63) is 80.9 Å². The maximum Gasteiger partial charge on any atom is 0.337 e. The van der Waals surface area contributed by atoms with Crippen LogP contribution in [0, 0.1) is 0 Å². The summed E-state index contributed by atoms with van der Waals surface area (Å²) in [6.07, 6.45) is 0. The Morgan fingerprint density at radius 1 is 1.13 bits per heavy atom. The number of thiophene rings is 1. The van der Waals surface area contributed by atoms with E-state index in [0.29, 0.717) is 21.1 Å². The molecule has 0 aliphatic rings. The fraction of sp³-hybridized carbons (Fsp3) is 0.0909. The molecule has 1 unspecified atom stereocenters. The Hall–Kier alpha value is -3.49. The summed E-state index contributed by atoms with van der Waals surface area (Å²) in [6, 6.07) is 14.6. The highest BCUT2D eigenvalue weighted by molar-refractivity contribution is 7.17. The zero-order valence-corrected chi connectivity index (χ0v) is 17.8. The molecule has 2 heterocycles. The van der Waals surface area contributed by atoms with Gasteiger partial charge in [-0.3, -0.25) is 14.2 Å². The van der Waals surface area contributed by atoms with Crippen LogP contribution in [0.3, 0.4) is 0 Å². The van der Waals surface area contributed by atoms with E-state index in [4.69, 9.17) is 11.6 Å². The summed E-state index contributed by atoms with van der Waals surface area (Å²) in [4.78, 5) is 42.9. The van der Waals surface area contributed by atoms with Gasteiger partial charge in [0.25, 0.3) is 5.56 Å². The Labute approximate surface area is 185 Å². The van der Waals surface area contributed by atoms with Gasteiger partial charge in [-0.05, 0) is 31.2 Å². The molecule has 2 aromatic carbocycles. The van der Waals surface area contributed by atoms with E-state index < -0.39 is 23.5 Å². The molecular weight excluding hydrogens is 438 g/mol. The van der Waals surface area contributed by atoms with Crippen molar-refractivity contribution < 1.29 is 14.7 Å². The fourth-order valence-electron chi connectivity index (χ4n) is 3.21. The lowest BCUT2D eigenvalue weighted by Crippen LogP contribution is -2.33. The molecule has 4 aromatic rings. The Kier molecular flexibility index (Phi) is 5.58. The normalized spacial score (nSPS) is 11.9. The van der Waals surface area contributed by atoms with E-state index in [2.05, 4.69) is 10.3 Å². The molecule has 0 aliphatic heterocycles. The molecular formula is C22H16ClN3O4S. The van der Waals surface area contributed by atoms with Gasteiger partial charge in [-0.25, -0.2) is 9.78 Å². The number of carboxylic acids is 1. The minimum absolute atomic E-state index is 0.0108. The van der Waals surface area contributed by atoms with E-state index in [-0.39, 0.29) is 16.8 Å². The van der Waals surface area contributed by atoms with Crippen molar-refractivity contribution >= 4 is 50.7 Å². The van der Waals surface area contributed by atoms with Gasteiger partial charge in [-0.15, -0.1) is 11.3 Å². The van der Waals surface area contributed by atoms with Crippen molar-refractivity contribution in [3.8, 4) is 11.4 Å². The van der Waals surface area contributed by atoms with Crippen molar-refractivity contribution in [2.45, 2.75) is 13.0 Å². The number of hydrogen-bond donors (Lipinski definition) is 2. The van der Waals surface area contributed by atoms with E-state index in [1.54, 1.807) is 55.5 Å². The van der Waals surface area contributed by atoms with Gasteiger partial charge in [0.15, 0.2) is 0 Å². The maximum atomic E-state index is 13.4. The Balaban J connectivity index is 1.87. The summed E-state index contributed by atoms with van der Waals surface area (Å²) in [7, 11) is 0. The number of aromatic carboxylic acids is 1. The van der Waals surface area contributed by atoms with Crippen LogP contribution in [0.25, 0.3) is 21.6 Å². The van der Waals surface area contributed by atoms with Gasteiger partial charge in [0.1, 0.15) is 16.7 Å². The third kappa shape index (κ3) is 3.95. The predicted molar refractivity (Wildman–Crippen MR) is 121 cm³/mol. The van der Waals surface area contributed by atoms with E-state index in [1.807, 2.05) is 6.07 Å². The lowest BCUT2D eigenvalue weighted by atomic mass is 10.1. The van der Waals surface area contributed by atoms with Crippen LogP contribution < -0.4 is 10.9 Å². The van der Waals surface area contributed by atoms with Gasteiger partial charge in [-0.1, -0.05) is 41.9 Å². The number of anilines is 1. The molecule has 0 saturated carbocycles. The van der Waals surface area contributed by atoms with Crippen LogP contribution in [0.2, 0.25) is 5.02 Å². The minimum atomic E-state index is -1.22. The number of rotatable bonds is 5. The first-order chi connectivity index (χ1) is 14.9. The summed E-state index contributed by atoms with van der Waals surface area (Å²) < 4.78 is 1.24. The third-order valence-corrected chi connectivity index (χ3v) is 5.91. The number of carboxylic acid groups (broad SMARTS) is 1. The highest BCUT2D eigenvalue weighted by Gasteiger charge is 2.26. The van der Waals surface area contributed by atoms with Gasteiger partial charge < -0.3 is 10.4 Å². The van der Waals surface area contributed by atoms with Crippen molar-refractivity contribution in [2.24, 2.45) is 0 Å². The molecule has 0 aliphatic carbocycles. The molecule has 2 aromatic heterocycles. The molecule has 0 fully saturated rings. The van der Waals surface area contributed by atoms with Gasteiger partial charge in [-0.2, -0.15) is 0 Å². The molecule has 9 heteroatoms. The number of carbonyl (C=O) groups is 2. The number of benzene rings is 2. The van der Waals surface area contributed by atoms with Crippen molar-refractivity contribution in [3.63, 3.8) is 0 Å². The number of halogens is 1. The largest absolute Gasteiger partial charge is 0.478 e. The number of amides is 1. The summed E-state index contributed by atoms with van der Waals surface area (Å²) in [5, 5.41) is 14.1. The van der Waals surface area contributed by atoms with Crippen LogP contribution in [-0.2, 0) is 4.79 Å². The molecule has 156 valence electrons. The number of nitrogens with zero attached hydrogens (tertiary/aromatic N) is 2. The molecule has 0 radical (unpaired) electrons. The average molecular weight is 454 g/mol. The number of nitrogens with one attached hydrogen (secondary N) is 1. The first-order valence-corrected chi connectivity index (χ1v) is 10.5. The van der Waals surface area contributed by atoms with Gasteiger partial charge in [0.05, 0.1) is 10.9 Å². The second-order valence-corrected chi connectivity index (χ2v) is 8.08. The number of aromatic nitrogens is 2. The lowest BCUT2D eigenvalue weighted by molar-refractivity contribution is -0.118. The zero-order chi connectivity index (χ0) is 22.1. The van der Waals surface area contributed by atoms with Crippen molar-refractivity contribution in [1.29, 1.82) is 0 Å². The summed E-state index contributed by atoms with van der Waals surface area (Å²) in [6.45, 7) is 1.57. The summed E-state index contributed by atoms with van der Waals surface area (Å²) >= 11 is 6.97. The number of carbonyl (C=O) groups excluding carboxylic acids is 1. The monoisotopic (exact) mass is 453 g/mol. The topological polar surface area (TPSA) is 101 Å². The standard InChI is InChI=1S/C22H16ClN3O4S/c1-12(19(27)24-15-9-7-14(23)8-10-15)26-18(13-5-3-2-4-6-13)25-20-17(21(26)28)16(11-31-20)22(29)30/h2-12H,1H3,(H,24,27)(H,29,30). The van der Waals surface area contributed by atoms with Gasteiger partial charge in [0, 0.05) is 21.7 Å². The Morgan fingerprint density at radius 3 is 2.45 bits per heavy atom. The highest BCUT2D eigenvalue weighted by atomic mass is 35.5. The SMILES string of the molecule is CC(C(=O)Nc1ccc(Cl)cc1)n1c(-c2ccccc2)nc2scc(C(=O)O)c2c1=O. The molecule has 7 nitrogen and oxygen atoms in total. The zero-order valence-electron chi connectivity index (χ0n) is 16.2. The first-order valence-electron chi connectivity index (χ1n) is 9.25. The van der Waals surface area contributed by atoms with E-state index in [1.165, 1.54) is 9.95 Å². The predicted octanol–water partition coefficient (Wildman–Crippen LogP) is 4.68. The van der Waals surface area contributed by atoms with Crippen molar-refractivity contribution in [1.82, 2.24) is 9.55 Å². The van der Waals surface area contributed by atoms with Crippen LogP contribution in [0.4, 0.5) is 5.69 Å². The van der Waals surface area contributed by atoms with Crippen LogP contribution in [0.15, 0.2) is 64.8 Å².